The summed E-state index contributed by atoms with van der Waals surface area (Å²) in [4.78, 5) is 0. The largest absolute Gasteiger partial charge is 0.417 e. The van der Waals surface area contributed by atoms with Gasteiger partial charge < -0.3 is 4.43 Å². The molecule has 4 rings (SSSR count). The Labute approximate surface area is 187 Å². The van der Waals surface area contributed by atoms with E-state index < -0.39 is 8.32 Å². The van der Waals surface area contributed by atoms with Gasteiger partial charge in [0, 0.05) is 6.61 Å². The quantitative estimate of drug-likeness (QED) is 0.442. The summed E-state index contributed by atoms with van der Waals surface area (Å²) in [5, 5.41) is 0.306. The van der Waals surface area contributed by atoms with Gasteiger partial charge in [-0.05, 0) is 115 Å². The van der Waals surface area contributed by atoms with E-state index in [1.165, 1.54) is 44.1 Å². The van der Waals surface area contributed by atoms with Crippen LogP contribution in [0, 0.1) is 36.0 Å². The fraction of sp³-hybridized carbons (Fsp3) is 0.786. The highest BCUT2D eigenvalue weighted by Crippen LogP contribution is 2.64. The van der Waals surface area contributed by atoms with Crippen molar-refractivity contribution in [2.45, 2.75) is 104 Å². The standard InChI is InChI=1S/C28H46OSi/c1-19-10-9-11-22-21(19)12-13-24-23(22)16-17-28(6)25(14-15-26(24)28)20(2)18-29-30(7,8)27(3,4)5/h9-11,20,23-26H,12-18H2,1-8H3/t20-,23-,24-,25-,26+,28-/m1/s1. The van der Waals surface area contributed by atoms with E-state index in [2.05, 4.69) is 72.8 Å². The van der Waals surface area contributed by atoms with Gasteiger partial charge in [-0.25, -0.2) is 0 Å². The third kappa shape index (κ3) is 3.64. The van der Waals surface area contributed by atoms with E-state index in [0.29, 0.717) is 16.4 Å². The SMILES string of the molecule is Cc1cccc2c1CC[C@@H]1[C@@H]2CC[C@]2(C)[C@@H]([C@H](C)CO[Si](C)(C)C(C)(C)C)CC[C@@H]12. The summed E-state index contributed by atoms with van der Waals surface area (Å²) in [5.41, 5.74) is 5.46. The van der Waals surface area contributed by atoms with Crippen molar-refractivity contribution < 1.29 is 4.43 Å². The van der Waals surface area contributed by atoms with E-state index >= 15 is 0 Å². The van der Waals surface area contributed by atoms with Gasteiger partial charge in [-0.2, -0.15) is 0 Å². The van der Waals surface area contributed by atoms with Gasteiger partial charge in [-0.15, -0.1) is 0 Å². The molecule has 2 heteroatoms. The lowest BCUT2D eigenvalue weighted by molar-refractivity contribution is 0.00263. The van der Waals surface area contributed by atoms with Gasteiger partial charge in [0.05, 0.1) is 0 Å². The Morgan fingerprint density at radius 1 is 1.13 bits per heavy atom. The van der Waals surface area contributed by atoms with Gasteiger partial charge in [0.1, 0.15) is 0 Å². The van der Waals surface area contributed by atoms with Crippen LogP contribution in [-0.4, -0.2) is 14.9 Å². The van der Waals surface area contributed by atoms with Crippen molar-refractivity contribution in [3.05, 3.63) is 34.9 Å². The van der Waals surface area contributed by atoms with Gasteiger partial charge in [0.25, 0.3) is 0 Å². The fourth-order valence-corrected chi connectivity index (χ4v) is 8.56. The zero-order chi connectivity index (χ0) is 21.9. The van der Waals surface area contributed by atoms with Gasteiger partial charge in [0.15, 0.2) is 8.32 Å². The number of fused-ring (bicyclic) bond motifs is 5. The topological polar surface area (TPSA) is 9.23 Å². The minimum Gasteiger partial charge on any atom is -0.417 e. The maximum absolute atomic E-state index is 6.70. The van der Waals surface area contributed by atoms with Gasteiger partial charge in [-0.3, -0.25) is 0 Å². The first-order chi connectivity index (χ1) is 14.0. The zero-order valence-corrected chi connectivity index (χ0v) is 22.0. The molecule has 0 radical (unpaired) electrons. The Morgan fingerprint density at radius 3 is 2.57 bits per heavy atom. The summed E-state index contributed by atoms with van der Waals surface area (Å²) >= 11 is 0. The zero-order valence-electron chi connectivity index (χ0n) is 21.0. The van der Waals surface area contributed by atoms with Crippen LogP contribution in [0.2, 0.25) is 18.1 Å². The average Bonchev–Trinajstić information content (AvgIpc) is 3.02. The molecule has 0 N–H and O–H groups in total. The highest BCUT2D eigenvalue weighted by Gasteiger charge is 2.55. The molecule has 0 heterocycles. The predicted molar refractivity (Wildman–Crippen MR) is 132 cm³/mol. The van der Waals surface area contributed by atoms with E-state index in [9.17, 15) is 0 Å². The van der Waals surface area contributed by atoms with Crippen molar-refractivity contribution in [3.8, 4) is 0 Å². The van der Waals surface area contributed by atoms with Crippen molar-refractivity contribution in [2.75, 3.05) is 6.61 Å². The first-order valence-electron chi connectivity index (χ1n) is 12.7. The third-order valence-electron chi connectivity index (χ3n) is 10.3. The van der Waals surface area contributed by atoms with Crippen molar-refractivity contribution in [3.63, 3.8) is 0 Å². The monoisotopic (exact) mass is 426 g/mol. The van der Waals surface area contributed by atoms with E-state index in [0.717, 1.165) is 30.3 Å². The molecule has 0 aromatic heterocycles. The van der Waals surface area contributed by atoms with Crippen LogP contribution in [0.4, 0.5) is 0 Å². The molecular weight excluding hydrogens is 380 g/mol. The molecule has 0 spiro atoms. The lowest BCUT2D eigenvalue weighted by atomic mass is 9.53. The first-order valence-corrected chi connectivity index (χ1v) is 15.6. The predicted octanol–water partition coefficient (Wildman–Crippen LogP) is 8.13. The number of benzene rings is 1. The second-order valence-corrected chi connectivity index (χ2v) is 17.6. The van der Waals surface area contributed by atoms with Gasteiger partial charge >= 0.3 is 0 Å². The molecular formula is C28H46OSi. The molecule has 2 saturated carbocycles. The minimum absolute atomic E-state index is 0.306. The summed E-state index contributed by atoms with van der Waals surface area (Å²) in [5.74, 6) is 4.18. The molecule has 0 aliphatic heterocycles. The van der Waals surface area contributed by atoms with Crippen LogP contribution in [0.15, 0.2) is 18.2 Å². The third-order valence-corrected chi connectivity index (χ3v) is 14.8. The Kier molecular flexibility index (Phi) is 5.84. The van der Waals surface area contributed by atoms with Crippen LogP contribution in [-0.2, 0) is 10.8 Å². The molecule has 0 bridgehead atoms. The lowest BCUT2D eigenvalue weighted by Gasteiger charge is -2.52. The maximum Gasteiger partial charge on any atom is 0.191 e. The molecule has 0 saturated heterocycles. The van der Waals surface area contributed by atoms with Crippen LogP contribution < -0.4 is 0 Å². The summed E-state index contributed by atoms with van der Waals surface area (Å²) < 4.78 is 6.70. The Balaban J connectivity index is 1.49. The Bertz CT molecular complexity index is 775. The summed E-state index contributed by atoms with van der Waals surface area (Å²) in [6, 6.07) is 7.09. The van der Waals surface area contributed by atoms with E-state index in [4.69, 9.17) is 4.43 Å². The molecule has 0 unspecified atom stereocenters. The highest BCUT2D eigenvalue weighted by molar-refractivity contribution is 6.74. The van der Waals surface area contributed by atoms with Gasteiger partial charge in [-0.1, -0.05) is 52.8 Å². The molecule has 1 aromatic carbocycles. The van der Waals surface area contributed by atoms with E-state index in [1.54, 1.807) is 11.1 Å². The normalized spacial score (nSPS) is 34.8. The molecule has 3 aliphatic carbocycles. The van der Waals surface area contributed by atoms with Crippen molar-refractivity contribution >= 4 is 8.32 Å². The molecule has 3 aliphatic rings. The van der Waals surface area contributed by atoms with Crippen LogP contribution in [0.3, 0.4) is 0 Å². The smallest absolute Gasteiger partial charge is 0.191 e. The van der Waals surface area contributed by atoms with E-state index in [-0.39, 0.29) is 0 Å². The Hall–Kier alpha value is -0.603. The molecule has 168 valence electrons. The second kappa shape index (κ2) is 7.76. The van der Waals surface area contributed by atoms with Crippen LogP contribution in [0.25, 0.3) is 0 Å². The number of aryl methyl sites for hydroxylation is 1. The lowest BCUT2D eigenvalue weighted by Crippen LogP contribution is -2.46. The van der Waals surface area contributed by atoms with Gasteiger partial charge in [0.2, 0.25) is 0 Å². The van der Waals surface area contributed by atoms with Crippen molar-refractivity contribution in [2.24, 2.45) is 29.1 Å². The molecule has 30 heavy (non-hydrogen) atoms. The second-order valence-electron chi connectivity index (χ2n) is 12.8. The summed E-state index contributed by atoms with van der Waals surface area (Å²) in [6.07, 6.45) is 8.43. The molecule has 1 nitrogen and oxygen atoms in total. The molecule has 0 amide bonds. The van der Waals surface area contributed by atoms with E-state index in [1.807, 2.05) is 0 Å². The Morgan fingerprint density at radius 2 is 1.87 bits per heavy atom. The number of hydrogen-bond acceptors (Lipinski definition) is 1. The fourth-order valence-electron chi connectivity index (χ4n) is 7.45. The number of hydrogen-bond donors (Lipinski definition) is 0. The maximum atomic E-state index is 6.70. The van der Waals surface area contributed by atoms with Crippen molar-refractivity contribution in [1.29, 1.82) is 0 Å². The van der Waals surface area contributed by atoms with Crippen LogP contribution in [0.5, 0.6) is 0 Å². The molecule has 2 fully saturated rings. The highest BCUT2D eigenvalue weighted by atomic mass is 28.4. The molecule has 6 atom stereocenters. The first kappa shape index (κ1) is 22.6. The summed E-state index contributed by atoms with van der Waals surface area (Å²) in [6.45, 7) is 20.4. The average molecular weight is 427 g/mol. The van der Waals surface area contributed by atoms with Crippen LogP contribution >= 0.6 is 0 Å². The number of rotatable bonds is 4. The summed E-state index contributed by atoms with van der Waals surface area (Å²) in [7, 11) is -1.66. The minimum atomic E-state index is -1.66. The molecule has 1 aromatic rings. The van der Waals surface area contributed by atoms with Crippen molar-refractivity contribution in [1.82, 2.24) is 0 Å². The van der Waals surface area contributed by atoms with Crippen LogP contribution in [0.1, 0.15) is 89.3 Å².